The lowest BCUT2D eigenvalue weighted by Crippen LogP contribution is -2.30. The maximum absolute atomic E-state index is 11.8. The summed E-state index contributed by atoms with van der Waals surface area (Å²) in [7, 11) is 0. The summed E-state index contributed by atoms with van der Waals surface area (Å²) in [4.78, 5) is 0. The molecule has 88 valence electrons. The largest absolute Gasteiger partial charge is 0.401 e. The Bertz CT molecular complexity index is 214. The summed E-state index contributed by atoms with van der Waals surface area (Å²) in [6, 6.07) is 0. The molecule has 4 heteroatoms. The highest BCUT2D eigenvalue weighted by Gasteiger charge is 2.38. The van der Waals surface area contributed by atoms with Crippen molar-refractivity contribution in [3.05, 3.63) is 0 Å². The third-order valence-corrected chi connectivity index (χ3v) is 3.90. The zero-order valence-corrected chi connectivity index (χ0v) is 8.82. The van der Waals surface area contributed by atoms with Crippen molar-refractivity contribution >= 4 is 0 Å². The number of halogens is 3. The Morgan fingerprint density at radius 2 is 1.93 bits per heavy atom. The van der Waals surface area contributed by atoms with Gasteiger partial charge in [-0.2, -0.15) is 13.2 Å². The van der Waals surface area contributed by atoms with E-state index in [4.69, 9.17) is 0 Å². The van der Waals surface area contributed by atoms with Gasteiger partial charge in [0.15, 0.2) is 0 Å². The SMILES string of the molecule is FC(F)(F)CNCCC1CC2CCC1C2. The Hall–Kier alpha value is -0.250. The van der Waals surface area contributed by atoms with E-state index in [2.05, 4.69) is 5.32 Å². The van der Waals surface area contributed by atoms with Crippen molar-refractivity contribution in [2.45, 2.75) is 38.3 Å². The lowest BCUT2D eigenvalue weighted by Gasteiger charge is -2.21. The van der Waals surface area contributed by atoms with Crippen LogP contribution in [0.4, 0.5) is 13.2 Å². The van der Waals surface area contributed by atoms with Crippen LogP contribution in [0, 0.1) is 17.8 Å². The summed E-state index contributed by atoms with van der Waals surface area (Å²) >= 11 is 0. The van der Waals surface area contributed by atoms with E-state index in [9.17, 15) is 13.2 Å². The number of fused-ring (bicyclic) bond motifs is 2. The fourth-order valence-electron chi connectivity index (χ4n) is 3.25. The minimum Gasteiger partial charge on any atom is -0.309 e. The topological polar surface area (TPSA) is 12.0 Å². The molecular formula is C11H18F3N. The highest BCUT2D eigenvalue weighted by Crippen LogP contribution is 2.49. The second-order valence-electron chi connectivity index (χ2n) is 5.02. The molecule has 2 saturated carbocycles. The summed E-state index contributed by atoms with van der Waals surface area (Å²) in [5, 5.41) is 2.49. The van der Waals surface area contributed by atoms with E-state index in [-0.39, 0.29) is 0 Å². The average molecular weight is 221 g/mol. The predicted molar refractivity (Wildman–Crippen MR) is 52.5 cm³/mol. The molecule has 3 atom stereocenters. The Kier molecular flexibility index (Phi) is 3.24. The highest BCUT2D eigenvalue weighted by molar-refractivity contribution is 4.89. The summed E-state index contributed by atoms with van der Waals surface area (Å²) in [5.41, 5.74) is 0. The van der Waals surface area contributed by atoms with Gasteiger partial charge in [0.2, 0.25) is 0 Å². The molecule has 1 nitrogen and oxygen atoms in total. The molecule has 2 rings (SSSR count). The van der Waals surface area contributed by atoms with Gasteiger partial charge in [0.05, 0.1) is 6.54 Å². The zero-order chi connectivity index (χ0) is 10.9. The van der Waals surface area contributed by atoms with E-state index in [1.165, 1.54) is 25.7 Å². The average Bonchev–Trinajstić information content (AvgIpc) is 2.71. The quantitative estimate of drug-likeness (QED) is 0.720. The molecule has 15 heavy (non-hydrogen) atoms. The summed E-state index contributed by atoms with van der Waals surface area (Å²) < 4.78 is 35.5. The number of nitrogens with one attached hydrogen (secondary N) is 1. The van der Waals surface area contributed by atoms with Crippen molar-refractivity contribution in [3.8, 4) is 0 Å². The first-order valence-corrected chi connectivity index (χ1v) is 5.82. The van der Waals surface area contributed by atoms with E-state index in [1.54, 1.807) is 0 Å². The fraction of sp³-hybridized carbons (Fsp3) is 1.00. The van der Waals surface area contributed by atoms with Gasteiger partial charge in [-0.3, -0.25) is 0 Å². The van der Waals surface area contributed by atoms with Crippen molar-refractivity contribution < 1.29 is 13.2 Å². The van der Waals surface area contributed by atoms with Crippen LogP contribution in [0.1, 0.15) is 32.1 Å². The smallest absolute Gasteiger partial charge is 0.309 e. The van der Waals surface area contributed by atoms with Crippen molar-refractivity contribution in [1.29, 1.82) is 0 Å². The molecule has 0 saturated heterocycles. The molecule has 0 aromatic carbocycles. The molecule has 0 radical (unpaired) electrons. The first-order chi connectivity index (χ1) is 7.04. The van der Waals surface area contributed by atoms with Crippen molar-refractivity contribution in [2.24, 2.45) is 17.8 Å². The van der Waals surface area contributed by atoms with Crippen LogP contribution in [-0.4, -0.2) is 19.3 Å². The molecule has 0 spiro atoms. The van der Waals surface area contributed by atoms with Crippen LogP contribution in [0.25, 0.3) is 0 Å². The van der Waals surface area contributed by atoms with Crippen LogP contribution in [0.5, 0.6) is 0 Å². The molecule has 0 amide bonds. The third kappa shape index (κ3) is 3.10. The first-order valence-electron chi connectivity index (χ1n) is 5.82. The molecule has 1 N–H and O–H groups in total. The first kappa shape index (κ1) is 11.2. The third-order valence-electron chi connectivity index (χ3n) is 3.90. The van der Waals surface area contributed by atoms with Crippen molar-refractivity contribution in [3.63, 3.8) is 0 Å². The van der Waals surface area contributed by atoms with Gasteiger partial charge in [-0.25, -0.2) is 0 Å². The standard InChI is InChI=1S/C11H18F3N/c12-11(13,14)7-15-4-3-10-6-8-1-2-9(10)5-8/h8-10,15H,1-7H2. The molecule has 2 aliphatic rings. The van der Waals surface area contributed by atoms with E-state index in [1.807, 2.05) is 0 Å². The summed E-state index contributed by atoms with van der Waals surface area (Å²) in [5.74, 6) is 2.41. The van der Waals surface area contributed by atoms with Gasteiger partial charge in [-0.05, 0) is 50.0 Å². The second-order valence-corrected chi connectivity index (χ2v) is 5.02. The van der Waals surface area contributed by atoms with E-state index < -0.39 is 12.7 Å². The van der Waals surface area contributed by atoms with Crippen LogP contribution in [0.3, 0.4) is 0 Å². The van der Waals surface area contributed by atoms with Gasteiger partial charge in [-0.15, -0.1) is 0 Å². The monoisotopic (exact) mass is 221 g/mol. The summed E-state index contributed by atoms with van der Waals surface area (Å²) in [6.45, 7) is -0.318. The van der Waals surface area contributed by atoms with Gasteiger partial charge >= 0.3 is 6.18 Å². The second kappa shape index (κ2) is 4.32. The summed E-state index contributed by atoms with van der Waals surface area (Å²) in [6.07, 6.45) is 2.14. The zero-order valence-electron chi connectivity index (χ0n) is 8.82. The van der Waals surface area contributed by atoms with Crippen LogP contribution < -0.4 is 5.32 Å². The maximum atomic E-state index is 11.8. The highest BCUT2D eigenvalue weighted by atomic mass is 19.4. The van der Waals surface area contributed by atoms with Gasteiger partial charge < -0.3 is 5.32 Å². The molecule has 2 aliphatic carbocycles. The van der Waals surface area contributed by atoms with Crippen LogP contribution >= 0.6 is 0 Å². The van der Waals surface area contributed by atoms with E-state index in [0.717, 1.165) is 18.3 Å². The van der Waals surface area contributed by atoms with Crippen molar-refractivity contribution in [2.75, 3.05) is 13.1 Å². The number of hydrogen-bond acceptors (Lipinski definition) is 1. The minimum absolute atomic E-state index is 0.521. The Labute approximate surface area is 88.4 Å². The van der Waals surface area contributed by atoms with Gasteiger partial charge in [0.25, 0.3) is 0 Å². The van der Waals surface area contributed by atoms with Gasteiger partial charge in [0.1, 0.15) is 0 Å². The Morgan fingerprint density at radius 1 is 1.13 bits per heavy atom. The van der Waals surface area contributed by atoms with Crippen LogP contribution in [-0.2, 0) is 0 Å². The maximum Gasteiger partial charge on any atom is 0.401 e. The Balaban J connectivity index is 1.59. The fourth-order valence-corrected chi connectivity index (χ4v) is 3.25. The minimum atomic E-state index is -4.06. The Morgan fingerprint density at radius 3 is 2.47 bits per heavy atom. The lowest BCUT2D eigenvalue weighted by molar-refractivity contribution is -0.124. The van der Waals surface area contributed by atoms with Gasteiger partial charge in [0, 0.05) is 0 Å². The molecule has 2 fully saturated rings. The number of hydrogen-bond donors (Lipinski definition) is 1. The molecule has 2 bridgehead atoms. The lowest BCUT2D eigenvalue weighted by atomic mass is 9.86. The normalized spacial score (nSPS) is 35.0. The van der Waals surface area contributed by atoms with Crippen LogP contribution in [0.15, 0.2) is 0 Å². The van der Waals surface area contributed by atoms with Gasteiger partial charge in [-0.1, -0.05) is 6.42 Å². The van der Waals surface area contributed by atoms with E-state index >= 15 is 0 Å². The number of alkyl halides is 3. The molecule has 3 unspecified atom stereocenters. The molecular weight excluding hydrogens is 203 g/mol. The molecule has 0 heterocycles. The number of rotatable bonds is 4. The van der Waals surface area contributed by atoms with E-state index in [0.29, 0.717) is 12.5 Å². The molecule has 0 aromatic rings. The van der Waals surface area contributed by atoms with Crippen molar-refractivity contribution in [1.82, 2.24) is 5.32 Å². The van der Waals surface area contributed by atoms with Crippen LogP contribution in [0.2, 0.25) is 0 Å². The molecule has 0 aromatic heterocycles. The molecule has 0 aliphatic heterocycles. The predicted octanol–water partition coefficient (Wildman–Crippen LogP) is 2.96.